The number of aryl methyl sites for hydroxylation is 2. The lowest BCUT2D eigenvalue weighted by molar-refractivity contribution is -0.121. The first-order valence-corrected chi connectivity index (χ1v) is 9.22. The van der Waals surface area contributed by atoms with Crippen LogP contribution in [0.15, 0.2) is 48.8 Å². The lowest BCUT2D eigenvalue weighted by Gasteiger charge is -2.20. The zero-order valence-electron chi connectivity index (χ0n) is 16.0. The van der Waals surface area contributed by atoms with Crippen molar-refractivity contribution < 1.29 is 4.79 Å². The number of benzene rings is 1. The van der Waals surface area contributed by atoms with Gasteiger partial charge in [0.05, 0.1) is 5.69 Å². The maximum Gasteiger partial charge on any atom is 0.221 e. The van der Waals surface area contributed by atoms with E-state index in [0.717, 1.165) is 16.9 Å². The highest BCUT2D eigenvalue weighted by Gasteiger charge is 2.23. The fourth-order valence-electron chi connectivity index (χ4n) is 3.36. The van der Waals surface area contributed by atoms with E-state index >= 15 is 0 Å². The highest BCUT2D eigenvalue weighted by molar-refractivity contribution is 5.77. The first-order valence-electron chi connectivity index (χ1n) is 9.22. The smallest absolute Gasteiger partial charge is 0.221 e. The summed E-state index contributed by atoms with van der Waals surface area (Å²) in [6.45, 7) is 9.07. The molecule has 0 aliphatic rings. The zero-order chi connectivity index (χ0) is 18.7. The van der Waals surface area contributed by atoms with Gasteiger partial charge in [-0.2, -0.15) is 0 Å². The second-order valence-electron chi connectivity index (χ2n) is 7.38. The molecule has 1 N–H and O–H groups in total. The molecule has 136 valence electrons. The molecule has 2 heterocycles. The highest BCUT2D eigenvalue weighted by Crippen LogP contribution is 2.31. The van der Waals surface area contributed by atoms with Crippen LogP contribution in [-0.4, -0.2) is 21.8 Å². The molecule has 2 aromatic heterocycles. The average molecular weight is 349 g/mol. The van der Waals surface area contributed by atoms with Crippen LogP contribution in [0.1, 0.15) is 48.6 Å². The van der Waals surface area contributed by atoms with Crippen molar-refractivity contribution in [2.24, 2.45) is 5.92 Å². The SMILES string of the molecule is Cc1ccccc1C(CC(=O)NCC(C)C)c1cnc2c(C)cccn12. The van der Waals surface area contributed by atoms with E-state index in [1.54, 1.807) is 0 Å². The minimum atomic E-state index is -0.0276. The monoisotopic (exact) mass is 349 g/mol. The van der Waals surface area contributed by atoms with Crippen molar-refractivity contribution >= 4 is 11.6 Å². The number of imidazole rings is 1. The average Bonchev–Trinajstić information content (AvgIpc) is 3.04. The van der Waals surface area contributed by atoms with Gasteiger partial charge in [-0.05, 0) is 42.5 Å². The van der Waals surface area contributed by atoms with Crippen molar-refractivity contribution in [3.05, 3.63) is 71.2 Å². The molecule has 0 bridgehead atoms. The van der Waals surface area contributed by atoms with Crippen LogP contribution in [0.4, 0.5) is 0 Å². The topological polar surface area (TPSA) is 46.4 Å². The number of nitrogens with one attached hydrogen (secondary N) is 1. The van der Waals surface area contributed by atoms with Crippen molar-refractivity contribution in [2.75, 3.05) is 6.54 Å². The number of hydrogen-bond donors (Lipinski definition) is 1. The van der Waals surface area contributed by atoms with Gasteiger partial charge >= 0.3 is 0 Å². The number of rotatable bonds is 6. The third kappa shape index (κ3) is 3.79. The van der Waals surface area contributed by atoms with Crippen molar-refractivity contribution in [1.29, 1.82) is 0 Å². The van der Waals surface area contributed by atoms with Crippen LogP contribution < -0.4 is 5.32 Å². The molecule has 1 unspecified atom stereocenters. The number of pyridine rings is 1. The van der Waals surface area contributed by atoms with Crippen LogP contribution in [0.5, 0.6) is 0 Å². The molecule has 1 aromatic carbocycles. The minimum absolute atomic E-state index is 0.0276. The summed E-state index contributed by atoms with van der Waals surface area (Å²) in [6.07, 6.45) is 4.36. The fourth-order valence-corrected chi connectivity index (χ4v) is 3.36. The van der Waals surface area contributed by atoms with E-state index < -0.39 is 0 Å². The number of carbonyl (C=O) groups is 1. The molecule has 0 fully saturated rings. The Bertz CT molecular complexity index is 911. The molecule has 0 saturated carbocycles. The van der Waals surface area contributed by atoms with Gasteiger partial charge in [-0.3, -0.25) is 4.79 Å². The Balaban J connectivity index is 2.01. The molecule has 0 saturated heterocycles. The molecule has 4 heteroatoms. The number of fused-ring (bicyclic) bond motifs is 1. The van der Waals surface area contributed by atoms with Gasteiger partial charge in [0, 0.05) is 31.3 Å². The van der Waals surface area contributed by atoms with Gasteiger partial charge in [-0.1, -0.05) is 44.2 Å². The standard InChI is InChI=1S/C22H27N3O/c1-15(2)13-23-21(26)12-19(18-10-6-5-8-16(18)3)20-14-24-22-17(4)9-7-11-25(20)22/h5-11,14-15,19H,12-13H2,1-4H3,(H,23,26). The Kier molecular flexibility index (Phi) is 5.40. The van der Waals surface area contributed by atoms with Gasteiger partial charge in [0.25, 0.3) is 0 Å². The number of amides is 1. The van der Waals surface area contributed by atoms with Gasteiger partial charge in [0.15, 0.2) is 0 Å². The third-order valence-corrected chi connectivity index (χ3v) is 4.78. The molecule has 4 nitrogen and oxygen atoms in total. The lowest BCUT2D eigenvalue weighted by Crippen LogP contribution is -2.29. The van der Waals surface area contributed by atoms with Crippen molar-refractivity contribution in [1.82, 2.24) is 14.7 Å². The van der Waals surface area contributed by atoms with Gasteiger partial charge in [0.2, 0.25) is 5.91 Å². The van der Waals surface area contributed by atoms with E-state index in [1.807, 2.05) is 30.6 Å². The molecule has 3 rings (SSSR count). The molecular weight excluding hydrogens is 322 g/mol. The molecule has 0 spiro atoms. The number of carbonyl (C=O) groups excluding carboxylic acids is 1. The van der Waals surface area contributed by atoms with Gasteiger partial charge in [-0.25, -0.2) is 4.98 Å². The van der Waals surface area contributed by atoms with E-state index in [0.29, 0.717) is 18.9 Å². The van der Waals surface area contributed by atoms with E-state index in [1.165, 1.54) is 11.1 Å². The number of nitrogens with zero attached hydrogens (tertiary/aromatic N) is 2. The predicted molar refractivity (Wildman–Crippen MR) is 105 cm³/mol. The third-order valence-electron chi connectivity index (χ3n) is 4.78. The molecule has 3 aromatic rings. The second kappa shape index (κ2) is 7.73. The highest BCUT2D eigenvalue weighted by atomic mass is 16.1. The molecule has 0 radical (unpaired) electrons. The quantitative estimate of drug-likeness (QED) is 0.723. The van der Waals surface area contributed by atoms with Gasteiger partial charge < -0.3 is 9.72 Å². The summed E-state index contributed by atoms with van der Waals surface area (Å²) < 4.78 is 2.11. The summed E-state index contributed by atoms with van der Waals surface area (Å²) in [5.41, 5.74) is 5.50. The molecule has 0 aliphatic carbocycles. The van der Waals surface area contributed by atoms with Crippen LogP contribution in [-0.2, 0) is 4.79 Å². The van der Waals surface area contributed by atoms with Crippen molar-refractivity contribution in [3.8, 4) is 0 Å². The van der Waals surface area contributed by atoms with Crippen molar-refractivity contribution in [3.63, 3.8) is 0 Å². The summed E-state index contributed by atoms with van der Waals surface area (Å²) in [6, 6.07) is 12.4. The Morgan fingerprint density at radius 2 is 1.85 bits per heavy atom. The summed E-state index contributed by atoms with van der Waals surface area (Å²) in [7, 11) is 0. The molecule has 26 heavy (non-hydrogen) atoms. The van der Waals surface area contributed by atoms with Gasteiger partial charge in [0.1, 0.15) is 5.65 Å². The lowest BCUT2D eigenvalue weighted by atomic mass is 9.89. The Labute approximate surface area is 155 Å². The second-order valence-corrected chi connectivity index (χ2v) is 7.38. The van der Waals surface area contributed by atoms with Crippen LogP contribution >= 0.6 is 0 Å². The minimum Gasteiger partial charge on any atom is -0.356 e. The van der Waals surface area contributed by atoms with E-state index in [2.05, 4.69) is 60.6 Å². The van der Waals surface area contributed by atoms with E-state index in [-0.39, 0.29) is 11.8 Å². The predicted octanol–water partition coefficient (Wildman–Crippen LogP) is 4.25. The largest absolute Gasteiger partial charge is 0.356 e. The number of aromatic nitrogens is 2. The Morgan fingerprint density at radius 3 is 2.58 bits per heavy atom. The van der Waals surface area contributed by atoms with E-state index in [4.69, 9.17) is 0 Å². The molecule has 1 amide bonds. The summed E-state index contributed by atoms with van der Waals surface area (Å²) in [5.74, 6) is 0.490. The Hall–Kier alpha value is -2.62. The normalized spacial score (nSPS) is 12.5. The van der Waals surface area contributed by atoms with Crippen LogP contribution in [0.2, 0.25) is 0 Å². The van der Waals surface area contributed by atoms with Crippen molar-refractivity contribution in [2.45, 2.75) is 40.0 Å². The summed E-state index contributed by atoms with van der Waals surface area (Å²) in [5, 5.41) is 3.05. The summed E-state index contributed by atoms with van der Waals surface area (Å²) >= 11 is 0. The van der Waals surface area contributed by atoms with E-state index in [9.17, 15) is 4.79 Å². The zero-order valence-corrected chi connectivity index (χ0v) is 16.0. The molecular formula is C22H27N3O. The maximum atomic E-state index is 12.6. The fraction of sp³-hybridized carbons (Fsp3) is 0.364. The maximum absolute atomic E-state index is 12.6. The first-order chi connectivity index (χ1) is 12.5. The first kappa shape index (κ1) is 18.2. The molecule has 0 aliphatic heterocycles. The molecule has 1 atom stereocenters. The summed E-state index contributed by atoms with van der Waals surface area (Å²) in [4.78, 5) is 17.2. The van der Waals surface area contributed by atoms with Gasteiger partial charge in [-0.15, -0.1) is 0 Å². The number of hydrogen-bond acceptors (Lipinski definition) is 2. The van der Waals surface area contributed by atoms with Crippen LogP contribution in [0.25, 0.3) is 5.65 Å². The van der Waals surface area contributed by atoms with Crippen LogP contribution in [0.3, 0.4) is 0 Å². The Morgan fingerprint density at radius 1 is 1.12 bits per heavy atom. The van der Waals surface area contributed by atoms with Crippen LogP contribution in [0, 0.1) is 19.8 Å².